The summed E-state index contributed by atoms with van der Waals surface area (Å²) >= 11 is 0. The Labute approximate surface area is 202 Å². The van der Waals surface area contributed by atoms with E-state index in [1.165, 1.54) is 0 Å². The van der Waals surface area contributed by atoms with Crippen molar-refractivity contribution in [2.75, 3.05) is 54.5 Å². The fourth-order valence-electron chi connectivity index (χ4n) is 5.56. The van der Waals surface area contributed by atoms with Crippen molar-refractivity contribution in [2.24, 2.45) is 11.1 Å². The summed E-state index contributed by atoms with van der Waals surface area (Å²) in [6, 6.07) is 3.67. The zero-order chi connectivity index (χ0) is 24.2. The van der Waals surface area contributed by atoms with E-state index < -0.39 is 0 Å². The number of urea groups is 1. The number of carbonyl (C=O) groups excluding carboxylic acids is 1. The lowest BCUT2D eigenvalue weighted by atomic mass is 9.73. The molecule has 2 amide bonds. The number of ether oxygens (including phenoxy) is 1. The van der Waals surface area contributed by atoms with Gasteiger partial charge in [-0.25, -0.2) is 19.7 Å². The highest BCUT2D eigenvalue weighted by Crippen LogP contribution is 2.42. The molecular weight excluding hydrogens is 448 g/mol. The Kier molecular flexibility index (Phi) is 5.22. The van der Waals surface area contributed by atoms with Gasteiger partial charge >= 0.3 is 6.03 Å². The number of piperidine rings is 1. The molecule has 184 valence electrons. The number of fused-ring (bicyclic) bond motifs is 2. The van der Waals surface area contributed by atoms with Crippen molar-refractivity contribution < 1.29 is 9.53 Å². The molecule has 12 nitrogen and oxygen atoms in total. The molecule has 0 radical (unpaired) electrons. The number of aromatic nitrogens is 5. The predicted octanol–water partition coefficient (Wildman–Crippen LogP) is 1.38. The van der Waals surface area contributed by atoms with Gasteiger partial charge in [-0.15, -0.1) is 0 Å². The van der Waals surface area contributed by atoms with Crippen molar-refractivity contribution in [2.45, 2.75) is 31.9 Å². The molecule has 12 heteroatoms. The Morgan fingerprint density at radius 2 is 2.06 bits per heavy atom. The molecule has 2 fully saturated rings. The van der Waals surface area contributed by atoms with Crippen molar-refractivity contribution in [1.29, 1.82) is 0 Å². The number of amides is 2. The largest absolute Gasteiger partial charge is 0.376 e. The highest BCUT2D eigenvalue weighted by atomic mass is 16.5. The summed E-state index contributed by atoms with van der Waals surface area (Å²) in [4.78, 5) is 32.3. The SMILES string of the molecule is CNC(=O)N1CCN(c2n[nH]c3nc(N4CCC5(CC4)CO[C@@H](C)[C@H]5N)cnc23)c2cccnc21. The zero-order valence-electron chi connectivity index (χ0n) is 19.9. The van der Waals surface area contributed by atoms with Gasteiger partial charge < -0.3 is 25.6 Å². The van der Waals surface area contributed by atoms with E-state index in [0.717, 1.165) is 44.0 Å². The Bertz CT molecular complexity index is 1250. The normalized spacial score (nSPS) is 23.7. The van der Waals surface area contributed by atoms with Crippen molar-refractivity contribution in [3.8, 4) is 0 Å². The second-order valence-corrected chi connectivity index (χ2v) is 9.57. The second-order valence-electron chi connectivity index (χ2n) is 9.57. The van der Waals surface area contributed by atoms with Crippen LogP contribution < -0.4 is 25.8 Å². The first kappa shape index (κ1) is 22.0. The van der Waals surface area contributed by atoms with E-state index >= 15 is 0 Å². The van der Waals surface area contributed by atoms with E-state index in [9.17, 15) is 4.79 Å². The van der Waals surface area contributed by atoms with E-state index in [-0.39, 0.29) is 23.6 Å². The van der Waals surface area contributed by atoms with E-state index in [0.29, 0.717) is 35.9 Å². The predicted molar refractivity (Wildman–Crippen MR) is 132 cm³/mol. The van der Waals surface area contributed by atoms with Crippen molar-refractivity contribution in [3.05, 3.63) is 24.5 Å². The lowest BCUT2D eigenvalue weighted by molar-refractivity contribution is 0.0974. The smallest absolute Gasteiger partial charge is 0.322 e. The summed E-state index contributed by atoms with van der Waals surface area (Å²) in [5.74, 6) is 2.09. The van der Waals surface area contributed by atoms with Crippen LogP contribution in [0.4, 0.5) is 27.9 Å². The molecular formula is C23H30N10O2. The molecule has 1 spiro atoms. The van der Waals surface area contributed by atoms with Gasteiger partial charge in [0.25, 0.3) is 0 Å². The summed E-state index contributed by atoms with van der Waals surface area (Å²) in [5, 5.41) is 10.3. The van der Waals surface area contributed by atoms with Gasteiger partial charge in [0.2, 0.25) is 0 Å². The minimum atomic E-state index is -0.191. The Balaban J connectivity index is 1.25. The lowest BCUT2D eigenvalue weighted by Gasteiger charge is -2.41. The van der Waals surface area contributed by atoms with Gasteiger partial charge in [-0.2, -0.15) is 5.10 Å². The number of hydrogen-bond donors (Lipinski definition) is 3. The Morgan fingerprint density at radius 3 is 2.80 bits per heavy atom. The monoisotopic (exact) mass is 478 g/mol. The number of carbonyl (C=O) groups is 1. The van der Waals surface area contributed by atoms with Gasteiger partial charge in [0.05, 0.1) is 24.6 Å². The number of H-pyrrole nitrogens is 1. The van der Waals surface area contributed by atoms with E-state index in [1.54, 1.807) is 18.1 Å². The van der Waals surface area contributed by atoms with Gasteiger partial charge in [-0.3, -0.25) is 10.00 Å². The van der Waals surface area contributed by atoms with Crippen LogP contribution in [-0.4, -0.2) is 83.2 Å². The fourth-order valence-corrected chi connectivity index (χ4v) is 5.56. The molecule has 3 aromatic heterocycles. The molecule has 6 heterocycles. The molecule has 0 bridgehead atoms. The van der Waals surface area contributed by atoms with Crippen LogP contribution in [0.3, 0.4) is 0 Å². The second kappa shape index (κ2) is 8.31. The van der Waals surface area contributed by atoms with Crippen LogP contribution in [0.5, 0.6) is 0 Å². The molecule has 35 heavy (non-hydrogen) atoms. The van der Waals surface area contributed by atoms with E-state index in [4.69, 9.17) is 20.4 Å². The van der Waals surface area contributed by atoms with Crippen molar-refractivity contribution >= 4 is 40.3 Å². The van der Waals surface area contributed by atoms with E-state index in [1.807, 2.05) is 23.2 Å². The van der Waals surface area contributed by atoms with Crippen LogP contribution in [0.2, 0.25) is 0 Å². The quantitative estimate of drug-likeness (QED) is 0.498. The molecule has 2 saturated heterocycles. The number of aromatic amines is 1. The van der Waals surface area contributed by atoms with Crippen molar-refractivity contribution in [3.63, 3.8) is 0 Å². The number of anilines is 4. The fraction of sp³-hybridized carbons (Fsp3) is 0.522. The van der Waals surface area contributed by atoms with Crippen LogP contribution in [0.25, 0.3) is 11.2 Å². The topological polar surface area (TPSA) is 141 Å². The molecule has 4 N–H and O–H groups in total. The van der Waals surface area contributed by atoms with Gasteiger partial charge in [-0.05, 0) is 31.9 Å². The van der Waals surface area contributed by atoms with Gasteiger partial charge in [0.1, 0.15) is 5.82 Å². The van der Waals surface area contributed by atoms with Crippen LogP contribution in [0.1, 0.15) is 19.8 Å². The minimum absolute atomic E-state index is 0.0624. The van der Waals surface area contributed by atoms with Crippen molar-refractivity contribution in [1.82, 2.24) is 30.5 Å². The maximum atomic E-state index is 12.3. The summed E-state index contributed by atoms with van der Waals surface area (Å²) in [6.45, 7) is 5.57. The summed E-state index contributed by atoms with van der Waals surface area (Å²) in [6.07, 6.45) is 5.57. The molecule has 3 aromatic rings. The summed E-state index contributed by atoms with van der Waals surface area (Å²) < 4.78 is 5.85. The lowest BCUT2D eigenvalue weighted by Crippen LogP contribution is -2.50. The molecule has 2 atom stereocenters. The zero-order valence-corrected chi connectivity index (χ0v) is 19.9. The molecule has 0 aromatic carbocycles. The minimum Gasteiger partial charge on any atom is -0.376 e. The van der Waals surface area contributed by atoms with Gasteiger partial charge in [-0.1, -0.05) is 0 Å². The Hall–Kier alpha value is -3.51. The summed E-state index contributed by atoms with van der Waals surface area (Å²) in [5.41, 5.74) is 8.65. The third kappa shape index (κ3) is 3.47. The number of nitrogens with one attached hydrogen (secondary N) is 2. The van der Waals surface area contributed by atoms with Crippen LogP contribution >= 0.6 is 0 Å². The van der Waals surface area contributed by atoms with E-state index in [2.05, 4.69) is 32.3 Å². The molecule has 0 saturated carbocycles. The maximum absolute atomic E-state index is 12.3. The molecule has 0 unspecified atom stereocenters. The average molecular weight is 479 g/mol. The first-order chi connectivity index (χ1) is 17.0. The van der Waals surface area contributed by atoms with Crippen LogP contribution in [0.15, 0.2) is 24.5 Å². The van der Waals surface area contributed by atoms with Gasteiger partial charge in [0, 0.05) is 50.9 Å². The highest BCUT2D eigenvalue weighted by molar-refractivity contribution is 5.97. The molecule has 3 aliphatic heterocycles. The average Bonchev–Trinajstić information content (AvgIpc) is 3.44. The van der Waals surface area contributed by atoms with Crippen LogP contribution in [-0.2, 0) is 4.74 Å². The molecule has 3 aliphatic rings. The van der Waals surface area contributed by atoms with Crippen LogP contribution in [0, 0.1) is 5.41 Å². The maximum Gasteiger partial charge on any atom is 0.322 e. The highest BCUT2D eigenvalue weighted by Gasteiger charge is 2.47. The Morgan fingerprint density at radius 1 is 1.23 bits per heavy atom. The molecule has 6 rings (SSSR count). The number of pyridine rings is 1. The first-order valence-electron chi connectivity index (χ1n) is 12.1. The number of nitrogens with two attached hydrogens (primary N) is 1. The first-order valence-corrected chi connectivity index (χ1v) is 12.1. The number of nitrogens with zero attached hydrogens (tertiary/aromatic N) is 7. The third-order valence-electron chi connectivity index (χ3n) is 7.74. The number of rotatable bonds is 2. The standard InChI is InChI=1S/C23H30N10O2/c1-14-18(24)23(13-35-14)5-8-31(9-6-23)16-12-27-17-19(28-16)29-30-21(17)32-10-11-33(22(34)25-2)20-15(32)4-3-7-26-20/h3-4,7,12,14,18H,5-6,8-11,13,24H2,1-2H3,(H,25,34)(H,28,29,30)/t14-,18+/m0/s1. The van der Waals surface area contributed by atoms with Gasteiger partial charge in [0.15, 0.2) is 22.8 Å². The summed E-state index contributed by atoms with van der Waals surface area (Å²) in [7, 11) is 1.62. The third-order valence-corrected chi connectivity index (χ3v) is 7.74. The number of hydrogen-bond acceptors (Lipinski definition) is 9. The molecule has 0 aliphatic carbocycles.